The molecule has 1 aromatic rings. The number of aromatic hydroxyl groups is 1. The van der Waals surface area contributed by atoms with Gasteiger partial charge in [0.2, 0.25) is 0 Å². The molecule has 0 radical (unpaired) electrons. The highest BCUT2D eigenvalue weighted by Gasteiger charge is 2.48. The number of piperidine rings is 1. The molecule has 1 aliphatic carbocycles. The Morgan fingerprint density at radius 1 is 1.48 bits per heavy atom. The normalized spacial score (nSPS) is 33.5. The molecular weight excluding hydrogens is 262 g/mol. The maximum atomic E-state index is 9.86. The number of benzene rings is 1. The van der Waals surface area contributed by atoms with Crippen LogP contribution in [0.3, 0.4) is 0 Å². The Kier molecular flexibility index (Phi) is 3.74. The molecule has 3 heteroatoms. The van der Waals surface area contributed by atoms with Crippen LogP contribution in [0.5, 0.6) is 5.75 Å². The van der Waals surface area contributed by atoms with E-state index in [1.54, 1.807) is 7.11 Å². The summed E-state index contributed by atoms with van der Waals surface area (Å²) < 4.78 is 5.46. The van der Waals surface area contributed by atoms with E-state index in [0.29, 0.717) is 17.7 Å². The van der Waals surface area contributed by atoms with E-state index in [9.17, 15) is 5.11 Å². The van der Waals surface area contributed by atoms with Crippen LogP contribution in [-0.4, -0.2) is 42.4 Å². The minimum absolute atomic E-state index is 0.184. The van der Waals surface area contributed by atoms with Crippen molar-refractivity contribution in [3.63, 3.8) is 0 Å². The molecule has 0 spiro atoms. The zero-order chi connectivity index (χ0) is 15.2. The van der Waals surface area contributed by atoms with Crippen molar-refractivity contribution < 1.29 is 9.84 Å². The molecule has 4 atom stereocenters. The molecule has 3 rings (SSSR count). The Morgan fingerprint density at radius 2 is 2.24 bits per heavy atom. The van der Waals surface area contributed by atoms with E-state index in [0.717, 1.165) is 25.9 Å². The second-order valence-corrected chi connectivity index (χ2v) is 7.11. The van der Waals surface area contributed by atoms with Crippen LogP contribution >= 0.6 is 0 Å². The third-order valence-corrected chi connectivity index (χ3v) is 6.00. The average molecular weight is 289 g/mol. The molecule has 116 valence electrons. The minimum atomic E-state index is 0.184. The molecule has 1 aliphatic heterocycles. The Balaban J connectivity index is 1.94. The predicted molar refractivity (Wildman–Crippen MR) is 84.8 cm³/mol. The topological polar surface area (TPSA) is 32.7 Å². The van der Waals surface area contributed by atoms with Crippen LogP contribution in [-0.2, 0) is 16.6 Å². The minimum Gasteiger partial charge on any atom is -0.508 e. The molecule has 0 amide bonds. The summed E-state index contributed by atoms with van der Waals surface area (Å²) in [6.07, 6.45) is 2.52. The van der Waals surface area contributed by atoms with Crippen LogP contribution in [0.4, 0.5) is 0 Å². The van der Waals surface area contributed by atoms with Crippen molar-refractivity contribution in [2.24, 2.45) is 5.92 Å². The van der Waals surface area contributed by atoms with Crippen molar-refractivity contribution in [2.75, 3.05) is 20.2 Å². The van der Waals surface area contributed by atoms with Crippen LogP contribution in [0.25, 0.3) is 0 Å². The first-order valence-corrected chi connectivity index (χ1v) is 8.05. The van der Waals surface area contributed by atoms with Gasteiger partial charge in [0.15, 0.2) is 0 Å². The van der Waals surface area contributed by atoms with Gasteiger partial charge in [0.05, 0.1) is 6.10 Å². The second-order valence-electron chi connectivity index (χ2n) is 7.11. The molecule has 21 heavy (non-hydrogen) atoms. The number of hydrogen-bond donors (Lipinski definition) is 1. The molecule has 2 unspecified atom stereocenters. The number of likely N-dealkylation sites (tertiary alicyclic amines) is 1. The summed E-state index contributed by atoms with van der Waals surface area (Å²) in [5.41, 5.74) is 2.96. The fraction of sp³-hybridized carbons (Fsp3) is 0.667. The summed E-state index contributed by atoms with van der Waals surface area (Å²) in [7, 11) is 1.79. The third-order valence-electron chi connectivity index (χ3n) is 6.00. The summed E-state index contributed by atoms with van der Waals surface area (Å²) in [6.45, 7) is 9.02. The Bertz CT molecular complexity index is 530. The summed E-state index contributed by atoms with van der Waals surface area (Å²) in [6, 6.07) is 6.52. The Hall–Kier alpha value is -1.06. The van der Waals surface area contributed by atoms with Crippen LogP contribution in [0, 0.1) is 5.92 Å². The molecule has 1 saturated heterocycles. The zero-order valence-electron chi connectivity index (χ0n) is 13.6. The van der Waals surface area contributed by atoms with E-state index in [4.69, 9.17) is 4.74 Å². The van der Waals surface area contributed by atoms with E-state index in [2.05, 4.69) is 31.7 Å². The quantitative estimate of drug-likeness (QED) is 0.928. The number of ether oxygens (including phenoxy) is 1. The van der Waals surface area contributed by atoms with Gasteiger partial charge in [0, 0.05) is 19.7 Å². The van der Waals surface area contributed by atoms with Gasteiger partial charge in [-0.3, -0.25) is 4.90 Å². The SMILES string of the molecule is COC(C)CN1CC[C@@]2(C)c3cc(O)ccc3CC1[C@@H]2C. The lowest BCUT2D eigenvalue weighted by atomic mass is 9.59. The smallest absolute Gasteiger partial charge is 0.115 e. The van der Waals surface area contributed by atoms with E-state index in [1.165, 1.54) is 11.1 Å². The Morgan fingerprint density at radius 3 is 2.95 bits per heavy atom. The van der Waals surface area contributed by atoms with Crippen LogP contribution < -0.4 is 0 Å². The predicted octanol–water partition coefficient (Wildman–Crippen LogP) is 2.95. The van der Waals surface area contributed by atoms with Gasteiger partial charge in [0.1, 0.15) is 5.75 Å². The fourth-order valence-electron chi connectivity index (χ4n) is 4.33. The number of nitrogens with zero attached hydrogens (tertiary/aromatic N) is 1. The number of hydrogen-bond acceptors (Lipinski definition) is 3. The average Bonchev–Trinajstić information content (AvgIpc) is 2.46. The molecule has 2 aliphatic rings. The van der Waals surface area contributed by atoms with Crippen LogP contribution in [0.15, 0.2) is 18.2 Å². The van der Waals surface area contributed by atoms with Crippen molar-refractivity contribution in [2.45, 2.75) is 51.2 Å². The monoisotopic (exact) mass is 289 g/mol. The maximum absolute atomic E-state index is 9.86. The first-order chi connectivity index (χ1) is 9.95. The summed E-state index contributed by atoms with van der Waals surface area (Å²) in [5.74, 6) is 1.00. The van der Waals surface area contributed by atoms with Crippen LogP contribution in [0.1, 0.15) is 38.3 Å². The number of methoxy groups -OCH3 is 1. The molecule has 2 bridgehead atoms. The maximum Gasteiger partial charge on any atom is 0.115 e. The molecule has 0 saturated carbocycles. The van der Waals surface area contributed by atoms with E-state index in [-0.39, 0.29) is 11.5 Å². The zero-order valence-corrected chi connectivity index (χ0v) is 13.6. The van der Waals surface area contributed by atoms with Crippen molar-refractivity contribution in [1.29, 1.82) is 0 Å². The largest absolute Gasteiger partial charge is 0.508 e. The van der Waals surface area contributed by atoms with E-state index >= 15 is 0 Å². The second kappa shape index (κ2) is 5.29. The van der Waals surface area contributed by atoms with Crippen molar-refractivity contribution >= 4 is 0 Å². The van der Waals surface area contributed by atoms with Gasteiger partial charge >= 0.3 is 0 Å². The lowest BCUT2D eigenvalue weighted by Gasteiger charge is -2.55. The number of rotatable bonds is 3. The molecule has 1 N–H and O–H groups in total. The van der Waals surface area contributed by atoms with E-state index < -0.39 is 0 Å². The first-order valence-electron chi connectivity index (χ1n) is 8.05. The summed E-state index contributed by atoms with van der Waals surface area (Å²) in [4.78, 5) is 2.61. The first kappa shape index (κ1) is 14.9. The van der Waals surface area contributed by atoms with Gasteiger partial charge in [0.25, 0.3) is 0 Å². The highest BCUT2D eigenvalue weighted by molar-refractivity contribution is 5.44. The number of fused-ring (bicyclic) bond motifs is 4. The lowest BCUT2D eigenvalue weighted by molar-refractivity contribution is -0.00624. The molecule has 1 aromatic carbocycles. The molecule has 0 aromatic heterocycles. The highest BCUT2D eigenvalue weighted by Crippen LogP contribution is 2.49. The van der Waals surface area contributed by atoms with Gasteiger partial charge in [-0.1, -0.05) is 19.9 Å². The fourth-order valence-corrected chi connectivity index (χ4v) is 4.33. The van der Waals surface area contributed by atoms with Crippen molar-refractivity contribution in [3.8, 4) is 5.75 Å². The van der Waals surface area contributed by atoms with Gasteiger partial charge in [-0.05, 0) is 60.9 Å². The van der Waals surface area contributed by atoms with Gasteiger partial charge in [-0.15, -0.1) is 0 Å². The molecule has 1 fully saturated rings. The van der Waals surface area contributed by atoms with E-state index in [1.807, 2.05) is 12.1 Å². The van der Waals surface area contributed by atoms with Gasteiger partial charge in [-0.25, -0.2) is 0 Å². The lowest BCUT2D eigenvalue weighted by Crippen LogP contribution is -2.59. The molecular formula is C18H27NO2. The van der Waals surface area contributed by atoms with Gasteiger partial charge in [-0.2, -0.15) is 0 Å². The van der Waals surface area contributed by atoms with Crippen molar-refractivity contribution in [3.05, 3.63) is 29.3 Å². The molecule has 1 heterocycles. The van der Waals surface area contributed by atoms with Crippen molar-refractivity contribution in [1.82, 2.24) is 4.90 Å². The summed E-state index contributed by atoms with van der Waals surface area (Å²) in [5, 5.41) is 9.86. The number of phenols is 1. The standard InChI is InChI=1S/C18H27NO2/c1-12(21-4)11-19-8-7-18(3)13(2)17(19)9-14-5-6-15(20)10-16(14)18/h5-6,10,12-13,17,20H,7-9,11H2,1-4H3/t12?,13-,17?,18+/m0/s1. The van der Waals surface area contributed by atoms with Gasteiger partial charge < -0.3 is 9.84 Å². The highest BCUT2D eigenvalue weighted by atomic mass is 16.5. The van der Waals surface area contributed by atoms with Crippen LogP contribution in [0.2, 0.25) is 0 Å². The Labute approximate surface area is 127 Å². The number of phenolic OH excluding ortho intramolecular Hbond substituents is 1. The molecule has 3 nitrogen and oxygen atoms in total. The third kappa shape index (κ3) is 2.36. The summed E-state index contributed by atoms with van der Waals surface area (Å²) >= 11 is 0.